The topological polar surface area (TPSA) is 41.1 Å². The fourth-order valence-corrected chi connectivity index (χ4v) is 2.44. The molecule has 5 heteroatoms. The maximum atomic E-state index is 11.6. The minimum absolute atomic E-state index is 0.0285. The molecule has 0 saturated heterocycles. The van der Waals surface area contributed by atoms with E-state index in [4.69, 9.17) is 12.2 Å². The Morgan fingerprint density at radius 3 is 2.63 bits per heavy atom. The van der Waals surface area contributed by atoms with Gasteiger partial charge in [0.05, 0.1) is 0 Å². The number of amides is 1. The normalized spacial score (nSPS) is 10.1. The maximum Gasteiger partial charge on any atom is 0.226 e. The molecule has 0 heterocycles. The first-order chi connectivity index (χ1) is 8.93. The summed E-state index contributed by atoms with van der Waals surface area (Å²) in [6.45, 7) is 6.13. The molecule has 1 amide bonds. The molecule has 0 bridgehead atoms. The Kier molecular flexibility index (Phi) is 6.71. The number of hydrogen-bond acceptors (Lipinski definition) is 2. The molecule has 3 nitrogen and oxygen atoms in total. The number of carbonyl (C=O) groups is 1. The van der Waals surface area contributed by atoms with E-state index >= 15 is 0 Å². The molecule has 0 aliphatic rings. The van der Waals surface area contributed by atoms with E-state index in [9.17, 15) is 4.79 Å². The molecule has 0 saturated carbocycles. The molecule has 0 unspecified atom stereocenters. The molecular formula is C14H19IN2OS. The van der Waals surface area contributed by atoms with Crippen LogP contribution in [0.4, 0.5) is 5.69 Å². The Balaban J connectivity index is 2.62. The highest BCUT2D eigenvalue weighted by Crippen LogP contribution is 2.21. The van der Waals surface area contributed by atoms with Crippen molar-refractivity contribution in [3.63, 3.8) is 0 Å². The third kappa shape index (κ3) is 5.44. The minimum Gasteiger partial charge on any atom is -0.332 e. The second-order valence-electron chi connectivity index (χ2n) is 4.52. The lowest BCUT2D eigenvalue weighted by atomic mass is 10.1. The maximum absolute atomic E-state index is 11.6. The fourth-order valence-electron chi connectivity index (χ4n) is 1.60. The summed E-state index contributed by atoms with van der Waals surface area (Å²) in [5.74, 6) is -0.0285. The molecule has 0 spiro atoms. The largest absolute Gasteiger partial charge is 0.332 e. The Hall–Kier alpha value is -0.690. The number of nitrogens with one attached hydrogen (secondary N) is 2. The summed E-state index contributed by atoms with van der Waals surface area (Å²) in [4.78, 5) is 11.6. The first-order valence-corrected chi connectivity index (χ1v) is 7.80. The van der Waals surface area contributed by atoms with Gasteiger partial charge >= 0.3 is 0 Å². The number of thiocarbonyl (C=S) groups is 1. The highest BCUT2D eigenvalue weighted by atomic mass is 127. The minimum atomic E-state index is -0.0285. The van der Waals surface area contributed by atoms with Gasteiger partial charge in [-0.1, -0.05) is 13.3 Å². The van der Waals surface area contributed by atoms with Crippen LogP contribution < -0.4 is 10.6 Å². The van der Waals surface area contributed by atoms with E-state index in [2.05, 4.69) is 53.1 Å². The van der Waals surface area contributed by atoms with Crippen molar-refractivity contribution in [2.45, 2.75) is 40.0 Å². The van der Waals surface area contributed by atoms with Crippen molar-refractivity contribution < 1.29 is 4.79 Å². The molecule has 1 aromatic rings. The van der Waals surface area contributed by atoms with Crippen molar-refractivity contribution >= 4 is 51.5 Å². The van der Waals surface area contributed by atoms with E-state index in [0.29, 0.717) is 11.5 Å². The van der Waals surface area contributed by atoms with Crippen molar-refractivity contribution in [2.24, 2.45) is 0 Å². The molecule has 0 aliphatic heterocycles. The smallest absolute Gasteiger partial charge is 0.226 e. The molecule has 0 aromatic heterocycles. The number of anilines is 1. The molecule has 19 heavy (non-hydrogen) atoms. The number of rotatable bonds is 4. The van der Waals surface area contributed by atoms with Crippen molar-refractivity contribution in [2.75, 3.05) is 5.32 Å². The van der Waals surface area contributed by atoms with Gasteiger partial charge in [0.1, 0.15) is 0 Å². The monoisotopic (exact) mass is 390 g/mol. The van der Waals surface area contributed by atoms with E-state index in [1.165, 1.54) is 9.13 Å². The zero-order valence-electron chi connectivity index (χ0n) is 11.5. The highest BCUT2D eigenvalue weighted by molar-refractivity contribution is 14.1. The van der Waals surface area contributed by atoms with E-state index in [1.807, 2.05) is 13.0 Å². The van der Waals surface area contributed by atoms with Crippen molar-refractivity contribution in [3.05, 3.63) is 26.8 Å². The van der Waals surface area contributed by atoms with E-state index < -0.39 is 0 Å². The van der Waals surface area contributed by atoms with Crippen LogP contribution in [0.15, 0.2) is 12.1 Å². The number of carbonyl (C=O) groups excluding carboxylic acids is 1. The Bertz CT molecular complexity index is 489. The number of unbranched alkanes of at least 4 members (excludes halogenated alkanes) is 1. The van der Waals surface area contributed by atoms with Gasteiger partial charge in [-0.3, -0.25) is 4.79 Å². The van der Waals surface area contributed by atoms with Crippen LogP contribution in [0.25, 0.3) is 0 Å². The summed E-state index contributed by atoms with van der Waals surface area (Å²) >= 11 is 7.46. The molecule has 0 aliphatic carbocycles. The van der Waals surface area contributed by atoms with Crippen LogP contribution in [0.2, 0.25) is 0 Å². The van der Waals surface area contributed by atoms with Crippen LogP contribution in [-0.4, -0.2) is 11.0 Å². The SMILES string of the molecule is CCCCC(=O)NC(=S)Nc1cc(C)c(I)cc1C. The summed E-state index contributed by atoms with van der Waals surface area (Å²) in [5, 5.41) is 6.15. The predicted octanol–water partition coefficient (Wildman–Crippen LogP) is 3.91. The first kappa shape index (κ1) is 16.4. The van der Waals surface area contributed by atoms with Crippen molar-refractivity contribution in [1.82, 2.24) is 5.32 Å². The highest BCUT2D eigenvalue weighted by Gasteiger charge is 2.07. The quantitative estimate of drug-likeness (QED) is 0.605. The van der Waals surface area contributed by atoms with E-state index in [1.54, 1.807) is 0 Å². The van der Waals surface area contributed by atoms with E-state index in [-0.39, 0.29) is 5.91 Å². The van der Waals surface area contributed by atoms with Crippen LogP contribution in [-0.2, 0) is 4.79 Å². The molecule has 1 rings (SSSR count). The van der Waals surface area contributed by atoms with E-state index in [0.717, 1.165) is 24.1 Å². The fraction of sp³-hybridized carbons (Fsp3) is 0.429. The van der Waals surface area contributed by atoms with Gasteiger partial charge in [-0.25, -0.2) is 0 Å². The molecule has 0 atom stereocenters. The number of halogens is 1. The van der Waals surface area contributed by atoms with Crippen molar-refractivity contribution in [3.8, 4) is 0 Å². The van der Waals surface area contributed by atoms with Gasteiger partial charge in [0.15, 0.2) is 5.11 Å². The second-order valence-corrected chi connectivity index (χ2v) is 6.09. The standard InChI is InChI=1S/C14H19IN2OS/c1-4-5-6-13(18)17-14(19)16-12-8-9(2)11(15)7-10(12)3/h7-8H,4-6H2,1-3H3,(H2,16,17,18,19). The van der Waals surface area contributed by atoms with Gasteiger partial charge < -0.3 is 10.6 Å². The molecule has 0 fully saturated rings. The average Bonchev–Trinajstić information content (AvgIpc) is 2.33. The number of hydrogen-bond donors (Lipinski definition) is 2. The zero-order valence-corrected chi connectivity index (χ0v) is 14.4. The van der Waals surface area contributed by atoms with Gasteiger partial charge in [-0.2, -0.15) is 0 Å². The average molecular weight is 390 g/mol. The van der Waals surface area contributed by atoms with Crippen LogP contribution >= 0.6 is 34.8 Å². The summed E-state index contributed by atoms with van der Waals surface area (Å²) in [6.07, 6.45) is 2.40. The lowest BCUT2D eigenvalue weighted by Crippen LogP contribution is -2.34. The molecule has 104 valence electrons. The van der Waals surface area contributed by atoms with Gasteiger partial charge in [0.2, 0.25) is 5.91 Å². The second kappa shape index (κ2) is 7.79. The van der Waals surface area contributed by atoms with Gasteiger partial charge in [-0.15, -0.1) is 0 Å². The molecule has 2 N–H and O–H groups in total. The van der Waals surface area contributed by atoms with Crippen LogP contribution in [0.1, 0.15) is 37.3 Å². The third-order valence-electron chi connectivity index (χ3n) is 2.76. The van der Waals surface area contributed by atoms with Gasteiger partial charge in [0, 0.05) is 15.7 Å². The molecule has 0 radical (unpaired) electrons. The third-order valence-corrected chi connectivity index (χ3v) is 4.13. The summed E-state index contributed by atoms with van der Waals surface area (Å²) in [5.41, 5.74) is 3.24. The van der Waals surface area contributed by atoms with Gasteiger partial charge in [-0.05, 0) is 78.3 Å². The van der Waals surface area contributed by atoms with Crippen LogP contribution in [0.3, 0.4) is 0 Å². The van der Waals surface area contributed by atoms with Gasteiger partial charge in [0.25, 0.3) is 0 Å². The Morgan fingerprint density at radius 1 is 1.32 bits per heavy atom. The summed E-state index contributed by atoms with van der Waals surface area (Å²) in [6, 6.07) is 4.14. The zero-order chi connectivity index (χ0) is 14.4. The Labute approximate surface area is 133 Å². The summed E-state index contributed by atoms with van der Waals surface area (Å²) in [7, 11) is 0. The number of benzene rings is 1. The van der Waals surface area contributed by atoms with Crippen LogP contribution in [0, 0.1) is 17.4 Å². The first-order valence-electron chi connectivity index (χ1n) is 6.31. The predicted molar refractivity (Wildman–Crippen MR) is 92.5 cm³/mol. The lowest BCUT2D eigenvalue weighted by molar-refractivity contribution is -0.119. The Morgan fingerprint density at radius 2 is 2.00 bits per heavy atom. The lowest BCUT2D eigenvalue weighted by Gasteiger charge is -2.13. The summed E-state index contributed by atoms with van der Waals surface area (Å²) < 4.78 is 1.22. The molecule has 1 aromatic carbocycles. The van der Waals surface area contributed by atoms with Crippen molar-refractivity contribution in [1.29, 1.82) is 0 Å². The molecular weight excluding hydrogens is 371 g/mol. The number of aryl methyl sites for hydroxylation is 2. The van der Waals surface area contributed by atoms with Crippen LogP contribution in [0.5, 0.6) is 0 Å².